The number of benzene rings is 2. The fraction of sp³-hybridized carbons (Fsp3) is 0.469. The number of aliphatic carboxylic acids is 2. The van der Waals surface area contributed by atoms with Gasteiger partial charge in [-0.3, -0.25) is 9.59 Å². The van der Waals surface area contributed by atoms with E-state index in [9.17, 15) is 34.2 Å². The third-order valence-corrected chi connectivity index (χ3v) is 6.85. The first kappa shape index (κ1) is 37.0. The van der Waals surface area contributed by atoms with Crippen molar-refractivity contribution in [3.63, 3.8) is 0 Å². The molecule has 246 valence electrons. The second-order valence-corrected chi connectivity index (χ2v) is 12.9. The average Bonchev–Trinajstić information content (AvgIpc) is 2.93. The summed E-state index contributed by atoms with van der Waals surface area (Å²) in [6.07, 6.45) is 0.636. The van der Waals surface area contributed by atoms with Crippen LogP contribution in [-0.2, 0) is 19.2 Å². The number of carbonyl (C=O) groups is 5. The molecule has 7 N–H and O–H groups in total. The number of carboxylic acids is 2. The maximum atomic E-state index is 13.3. The van der Waals surface area contributed by atoms with E-state index in [2.05, 4.69) is 26.6 Å². The maximum Gasteiger partial charge on any atom is 0.327 e. The van der Waals surface area contributed by atoms with Gasteiger partial charge >= 0.3 is 18.0 Å². The zero-order valence-corrected chi connectivity index (χ0v) is 27.0. The van der Waals surface area contributed by atoms with Gasteiger partial charge in [-0.05, 0) is 72.7 Å². The standard InChI is InChI=1S/C32H44ClN5O7/c1-19(2)16-24(20-6-10-22(11-7-20)35-31(45)36-23-12-8-21(33)9-13-23)28(40)38-26(30(43)44)18-34-15-14-25(29(41)42)37-27(39)17-32(3,4)5/h6-13,19,24-26,34H,14-18H2,1-5H3,(H,37,39)(H,38,40)(H,41,42)(H,43,44)(H2,35,36,45). The number of hydrogen-bond donors (Lipinski definition) is 7. The highest BCUT2D eigenvalue weighted by atomic mass is 35.5. The Hall–Kier alpha value is -4.16. The van der Waals surface area contributed by atoms with Crippen LogP contribution in [0.15, 0.2) is 48.5 Å². The van der Waals surface area contributed by atoms with Crippen LogP contribution in [0, 0.1) is 11.3 Å². The molecule has 2 aromatic carbocycles. The Kier molecular flexibility index (Phi) is 14.3. The van der Waals surface area contributed by atoms with Crippen LogP contribution in [0.2, 0.25) is 5.02 Å². The largest absolute Gasteiger partial charge is 0.480 e. The van der Waals surface area contributed by atoms with Crippen molar-refractivity contribution in [1.82, 2.24) is 16.0 Å². The zero-order valence-electron chi connectivity index (χ0n) is 26.3. The first-order chi connectivity index (χ1) is 21.0. The van der Waals surface area contributed by atoms with Gasteiger partial charge in [-0.15, -0.1) is 0 Å². The number of hydrogen-bond acceptors (Lipinski definition) is 6. The molecule has 45 heavy (non-hydrogen) atoms. The fourth-order valence-corrected chi connectivity index (χ4v) is 4.57. The Morgan fingerprint density at radius 2 is 1.33 bits per heavy atom. The summed E-state index contributed by atoms with van der Waals surface area (Å²) in [5, 5.41) is 33.2. The number of carboxylic acid groups (broad SMARTS) is 2. The predicted octanol–water partition coefficient (Wildman–Crippen LogP) is 4.67. The van der Waals surface area contributed by atoms with E-state index >= 15 is 0 Å². The molecule has 3 atom stereocenters. The van der Waals surface area contributed by atoms with Crippen LogP contribution in [-0.4, -0.2) is 65.2 Å². The molecule has 0 aliphatic heterocycles. The molecule has 12 nitrogen and oxygen atoms in total. The molecule has 13 heteroatoms. The van der Waals surface area contributed by atoms with E-state index in [1.54, 1.807) is 48.5 Å². The molecular weight excluding hydrogens is 602 g/mol. The Morgan fingerprint density at radius 1 is 0.800 bits per heavy atom. The quantitative estimate of drug-likeness (QED) is 0.128. The van der Waals surface area contributed by atoms with Crippen LogP contribution in [0.5, 0.6) is 0 Å². The number of rotatable bonds is 16. The summed E-state index contributed by atoms with van der Waals surface area (Å²) >= 11 is 5.87. The highest BCUT2D eigenvalue weighted by Gasteiger charge is 2.28. The number of anilines is 2. The van der Waals surface area contributed by atoms with Crippen LogP contribution < -0.4 is 26.6 Å². The van der Waals surface area contributed by atoms with Gasteiger partial charge in [0.15, 0.2) is 0 Å². The molecule has 2 aromatic rings. The molecule has 0 aliphatic carbocycles. The third kappa shape index (κ3) is 14.0. The van der Waals surface area contributed by atoms with E-state index in [0.717, 1.165) is 0 Å². The average molecular weight is 646 g/mol. The van der Waals surface area contributed by atoms with Crippen LogP contribution >= 0.6 is 11.6 Å². The van der Waals surface area contributed by atoms with Crippen molar-refractivity contribution >= 4 is 52.8 Å². The molecule has 0 aromatic heterocycles. The number of nitrogens with one attached hydrogen (secondary N) is 5. The van der Waals surface area contributed by atoms with Gasteiger partial charge in [0.25, 0.3) is 0 Å². The SMILES string of the molecule is CC(C)CC(C(=O)NC(CNCCC(NC(=O)CC(C)(C)C)C(=O)O)C(=O)O)c1ccc(NC(=O)Nc2ccc(Cl)cc2)cc1. The summed E-state index contributed by atoms with van der Waals surface area (Å²) in [7, 11) is 0. The molecule has 0 bridgehead atoms. The molecule has 0 heterocycles. The lowest BCUT2D eigenvalue weighted by molar-refractivity contribution is -0.142. The molecule has 0 fully saturated rings. The van der Waals surface area contributed by atoms with Gasteiger partial charge in [0.05, 0.1) is 5.92 Å². The van der Waals surface area contributed by atoms with Gasteiger partial charge in [-0.1, -0.05) is 58.4 Å². The second-order valence-electron chi connectivity index (χ2n) is 12.5. The van der Waals surface area contributed by atoms with E-state index < -0.39 is 41.9 Å². The van der Waals surface area contributed by atoms with Crippen LogP contribution in [0.3, 0.4) is 0 Å². The minimum atomic E-state index is -1.27. The first-order valence-electron chi connectivity index (χ1n) is 14.7. The van der Waals surface area contributed by atoms with Crippen molar-refractivity contribution in [1.29, 1.82) is 0 Å². The summed E-state index contributed by atoms with van der Waals surface area (Å²) in [5.74, 6) is -3.84. The van der Waals surface area contributed by atoms with Crippen molar-refractivity contribution in [3.05, 3.63) is 59.1 Å². The molecule has 2 rings (SSSR count). The minimum Gasteiger partial charge on any atom is -0.480 e. The molecule has 0 radical (unpaired) electrons. The Labute approximate surface area is 268 Å². The highest BCUT2D eigenvalue weighted by Crippen LogP contribution is 2.26. The third-order valence-electron chi connectivity index (χ3n) is 6.59. The number of halogens is 1. The van der Waals surface area contributed by atoms with Crippen molar-refractivity contribution in [2.75, 3.05) is 23.7 Å². The van der Waals surface area contributed by atoms with Gasteiger partial charge in [-0.2, -0.15) is 0 Å². The fourth-order valence-electron chi connectivity index (χ4n) is 4.44. The van der Waals surface area contributed by atoms with E-state index in [1.165, 1.54) is 0 Å². The van der Waals surface area contributed by atoms with Crippen molar-refractivity contribution in [3.8, 4) is 0 Å². The molecule has 0 aliphatic rings. The van der Waals surface area contributed by atoms with Crippen molar-refractivity contribution < 1.29 is 34.2 Å². The molecule has 0 saturated heterocycles. The van der Waals surface area contributed by atoms with Gasteiger partial charge in [0, 0.05) is 29.4 Å². The van der Waals surface area contributed by atoms with Crippen LogP contribution in [0.4, 0.5) is 16.2 Å². The van der Waals surface area contributed by atoms with Gasteiger partial charge in [-0.25, -0.2) is 14.4 Å². The van der Waals surface area contributed by atoms with Gasteiger partial charge in [0.2, 0.25) is 11.8 Å². The molecule has 0 spiro atoms. The lowest BCUT2D eigenvalue weighted by Crippen LogP contribution is -2.49. The summed E-state index contributed by atoms with van der Waals surface area (Å²) in [6.45, 7) is 9.46. The smallest absolute Gasteiger partial charge is 0.327 e. The number of urea groups is 1. The number of carbonyl (C=O) groups excluding carboxylic acids is 3. The monoisotopic (exact) mass is 645 g/mol. The molecule has 0 saturated carbocycles. The number of amides is 4. The molecule has 4 amide bonds. The second kappa shape index (κ2) is 17.4. The lowest BCUT2D eigenvalue weighted by Gasteiger charge is -2.23. The Bertz CT molecular complexity index is 1310. The lowest BCUT2D eigenvalue weighted by atomic mass is 9.89. The minimum absolute atomic E-state index is 0.0274. The van der Waals surface area contributed by atoms with Crippen LogP contribution in [0.1, 0.15) is 65.4 Å². The van der Waals surface area contributed by atoms with E-state index in [0.29, 0.717) is 28.4 Å². The summed E-state index contributed by atoms with van der Waals surface area (Å²) < 4.78 is 0. The zero-order chi connectivity index (χ0) is 33.7. The van der Waals surface area contributed by atoms with Gasteiger partial charge in [0.1, 0.15) is 12.1 Å². The summed E-state index contributed by atoms with van der Waals surface area (Å²) in [4.78, 5) is 61.5. The summed E-state index contributed by atoms with van der Waals surface area (Å²) in [6, 6.07) is 10.5. The molecule has 3 unspecified atom stereocenters. The van der Waals surface area contributed by atoms with Crippen molar-refractivity contribution in [2.45, 2.75) is 71.9 Å². The van der Waals surface area contributed by atoms with E-state index in [4.69, 9.17) is 11.6 Å². The van der Waals surface area contributed by atoms with Crippen molar-refractivity contribution in [2.24, 2.45) is 11.3 Å². The highest BCUT2D eigenvalue weighted by molar-refractivity contribution is 6.30. The van der Waals surface area contributed by atoms with Gasteiger partial charge < -0.3 is 36.8 Å². The predicted molar refractivity (Wildman–Crippen MR) is 173 cm³/mol. The normalized spacial score (nSPS) is 13.3. The first-order valence-corrected chi connectivity index (χ1v) is 15.1. The van der Waals surface area contributed by atoms with E-state index in [-0.39, 0.29) is 43.2 Å². The van der Waals surface area contributed by atoms with E-state index in [1.807, 2.05) is 34.6 Å². The topological polar surface area (TPSA) is 186 Å². The Balaban J connectivity index is 1.98. The van der Waals surface area contributed by atoms with Crippen LogP contribution in [0.25, 0.3) is 0 Å². The Morgan fingerprint density at radius 3 is 1.82 bits per heavy atom. The maximum absolute atomic E-state index is 13.3. The molecular formula is C32H44ClN5O7. The summed E-state index contributed by atoms with van der Waals surface area (Å²) in [5.41, 5.74) is 1.40.